The molecule has 0 aliphatic carbocycles. The summed E-state index contributed by atoms with van der Waals surface area (Å²) in [6.45, 7) is 6.76. The highest BCUT2D eigenvalue weighted by Crippen LogP contribution is 2.36. The normalized spacial score (nSPS) is 15.9. The number of benzene rings is 2. The minimum atomic E-state index is -3.72. The zero-order valence-corrected chi connectivity index (χ0v) is 23.0. The molecule has 0 N–H and O–H groups in total. The number of anilines is 2. The SMILES string of the molecule is CCC(=O)N1CCc2cc(Br)c(S(=O)(=O)CCC(=O)N3CCN(c4cc(Cl)ccc4C)CC3)cc21. The zero-order chi connectivity index (χ0) is 25.3. The fraction of sp³-hybridized carbons (Fsp3) is 0.440. The van der Waals surface area contributed by atoms with Crippen LogP contribution >= 0.6 is 27.5 Å². The van der Waals surface area contributed by atoms with Crippen LogP contribution in [0.15, 0.2) is 39.7 Å². The van der Waals surface area contributed by atoms with Crippen LogP contribution in [0.3, 0.4) is 0 Å². The maximum Gasteiger partial charge on any atom is 0.226 e. The Hall–Kier alpha value is -2.10. The van der Waals surface area contributed by atoms with Gasteiger partial charge in [-0.25, -0.2) is 8.42 Å². The molecular formula is C25H29BrClN3O4S. The fourth-order valence-corrected chi connectivity index (χ4v) is 7.29. The molecule has 0 unspecified atom stereocenters. The lowest BCUT2D eigenvalue weighted by atomic mass is 10.1. The van der Waals surface area contributed by atoms with E-state index in [1.54, 1.807) is 28.9 Å². The number of sulfone groups is 1. The van der Waals surface area contributed by atoms with Crippen molar-refractivity contribution in [2.75, 3.05) is 48.3 Å². The van der Waals surface area contributed by atoms with Crippen LogP contribution in [-0.2, 0) is 25.8 Å². The standard InChI is InChI=1S/C25H29BrClN3O4S/c1-3-24(31)30-8-6-18-14-20(26)23(16-22(18)30)35(33,34)13-7-25(32)29-11-9-28(10-12-29)21-15-19(27)5-4-17(21)2/h4-5,14-16H,3,6-13H2,1-2H3. The molecule has 1 saturated heterocycles. The number of carbonyl (C=O) groups excluding carboxylic acids is 2. The molecule has 188 valence electrons. The quantitative estimate of drug-likeness (QED) is 0.510. The second-order valence-electron chi connectivity index (χ2n) is 8.93. The number of nitrogens with zero attached hydrogens (tertiary/aromatic N) is 3. The molecule has 2 heterocycles. The molecule has 7 nitrogen and oxygen atoms in total. The first kappa shape index (κ1) is 26.0. The predicted octanol–water partition coefficient (Wildman–Crippen LogP) is 4.22. The van der Waals surface area contributed by atoms with Crippen molar-refractivity contribution in [3.05, 3.63) is 51.0 Å². The number of piperazine rings is 1. The van der Waals surface area contributed by atoms with Gasteiger partial charge in [0.25, 0.3) is 0 Å². The molecule has 35 heavy (non-hydrogen) atoms. The van der Waals surface area contributed by atoms with E-state index in [0.717, 1.165) is 16.8 Å². The van der Waals surface area contributed by atoms with E-state index in [-0.39, 0.29) is 28.9 Å². The van der Waals surface area contributed by atoms with Crippen LogP contribution in [0.5, 0.6) is 0 Å². The van der Waals surface area contributed by atoms with E-state index in [4.69, 9.17) is 11.6 Å². The number of amides is 2. The first-order valence-electron chi connectivity index (χ1n) is 11.7. The van der Waals surface area contributed by atoms with E-state index in [9.17, 15) is 18.0 Å². The molecule has 0 saturated carbocycles. The number of fused-ring (bicyclic) bond motifs is 1. The minimum absolute atomic E-state index is 0.0308. The molecule has 0 bridgehead atoms. The lowest BCUT2D eigenvalue weighted by molar-refractivity contribution is -0.131. The van der Waals surface area contributed by atoms with Gasteiger partial charge >= 0.3 is 0 Å². The number of hydrogen-bond acceptors (Lipinski definition) is 5. The highest BCUT2D eigenvalue weighted by molar-refractivity contribution is 9.10. The monoisotopic (exact) mass is 581 g/mol. The summed E-state index contributed by atoms with van der Waals surface area (Å²) < 4.78 is 26.8. The van der Waals surface area contributed by atoms with Gasteiger partial charge in [0.05, 0.1) is 10.6 Å². The maximum atomic E-state index is 13.2. The average molecular weight is 583 g/mol. The Kier molecular flexibility index (Phi) is 7.78. The van der Waals surface area contributed by atoms with Crippen LogP contribution in [0.2, 0.25) is 5.02 Å². The molecule has 10 heteroatoms. The first-order chi connectivity index (χ1) is 16.6. The van der Waals surface area contributed by atoms with Crippen LogP contribution in [0.25, 0.3) is 0 Å². The Morgan fingerprint density at radius 1 is 1.00 bits per heavy atom. The Morgan fingerprint density at radius 2 is 1.71 bits per heavy atom. The van der Waals surface area contributed by atoms with Crippen LogP contribution in [0.1, 0.15) is 30.9 Å². The van der Waals surface area contributed by atoms with Gasteiger partial charge in [0, 0.05) is 66.4 Å². The summed E-state index contributed by atoms with van der Waals surface area (Å²) in [6.07, 6.45) is 0.967. The van der Waals surface area contributed by atoms with E-state index >= 15 is 0 Å². The van der Waals surface area contributed by atoms with E-state index in [1.807, 2.05) is 25.1 Å². The molecule has 2 aliphatic rings. The van der Waals surface area contributed by atoms with Gasteiger partial charge in [0.1, 0.15) is 0 Å². The summed E-state index contributed by atoms with van der Waals surface area (Å²) in [6, 6.07) is 9.13. The second-order valence-corrected chi connectivity index (χ2v) is 12.3. The largest absolute Gasteiger partial charge is 0.368 e. The highest BCUT2D eigenvalue weighted by atomic mass is 79.9. The van der Waals surface area contributed by atoms with E-state index < -0.39 is 9.84 Å². The average Bonchev–Trinajstić information content (AvgIpc) is 3.26. The van der Waals surface area contributed by atoms with Crippen molar-refractivity contribution in [3.8, 4) is 0 Å². The van der Waals surface area contributed by atoms with Crippen molar-refractivity contribution in [1.29, 1.82) is 0 Å². The molecule has 0 atom stereocenters. The molecule has 2 aromatic carbocycles. The number of hydrogen-bond donors (Lipinski definition) is 0. The van der Waals surface area contributed by atoms with Gasteiger partial charge in [-0.15, -0.1) is 0 Å². The smallest absolute Gasteiger partial charge is 0.226 e. The summed E-state index contributed by atoms with van der Waals surface area (Å²) in [5.41, 5.74) is 3.78. The van der Waals surface area contributed by atoms with E-state index in [2.05, 4.69) is 20.8 Å². The molecule has 0 aromatic heterocycles. The van der Waals surface area contributed by atoms with E-state index in [0.29, 0.717) is 60.7 Å². The van der Waals surface area contributed by atoms with Crippen molar-refractivity contribution in [2.45, 2.75) is 38.0 Å². The zero-order valence-electron chi connectivity index (χ0n) is 19.9. The number of aryl methyl sites for hydroxylation is 1. The molecule has 0 spiro atoms. The van der Waals surface area contributed by atoms with Crippen LogP contribution in [0, 0.1) is 6.92 Å². The third-order valence-electron chi connectivity index (χ3n) is 6.70. The summed E-state index contributed by atoms with van der Waals surface area (Å²) in [5.74, 6) is -0.480. The maximum absolute atomic E-state index is 13.2. The Balaban J connectivity index is 1.40. The Morgan fingerprint density at radius 3 is 2.40 bits per heavy atom. The number of carbonyl (C=O) groups is 2. The number of rotatable bonds is 6. The topological polar surface area (TPSA) is 78.0 Å². The Labute approximate surface area is 220 Å². The molecule has 2 aromatic rings. The van der Waals surface area contributed by atoms with Crippen molar-refractivity contribution >= 4 is 60.6 Å². The van der Waals surface area contributed by atoms with Gasteiger partial charge in [-0.1, -0.05) is 24.6 Å². The van der Waals surface area contributed by atoms with Crippen molar-refractivity contribution < 1.29 is 18.0 Å². The van der Waals surface area contributed by atoms with Gasteiger partial charge in [-0.05, 0) is 64.7 Å². The third kappa shape index (κ3) is 5.52. The fourth-order valence-electron chi connectivity index (χ4n) is 4.69. The third-order valence-corrected chi connectivity index (χ3v) is 9.60. The van der Waals surface area contributed by atoms with Crippen LogP contribution in [0.4, 0.5) is 11.4 Å². The summed E-state index contributed by atoms with van der Waals surface area (Å²) in [7, 11) is -3.72. The van der Waals surface area contributed by atoms with Gasteiger partial charge in [-0.2, -0.15) is 0 Å². The minimum Gasteiger partial charge on any atom is -0.368 e. The van der Waals surface area contributed by atoms with Crippen molar-refractivity contribution in [2.24, 2.45) is 0 Å². The number of halogens is 2. The lowest BCUT2D eigenvalue weighted by Crippen LogP contribution is -2.49. The van der Waals surface area contributed by atoms with Crippen molar-refractivity contribution in [3.63, 3.8) is 0 Å². The van der Waals surface area contributed by atoms with Crippen LogP contribution < -0.4 is 9.80 Å². The molecule has 1 fully saturated rings. The predicted molar refractivity (Wildman–Crippen MR) is 142 cm³/mol. The molecule has 0 radical (unpaired) electrons. The van der Waals surface area contributed by atoms with Crippen molar-refractivity contribution in [1.82, 2.24) is 4.90 Å². The summed E-state index contributed by atoms with van der Waals surface area (Å²) in [5, 5.41) is 0.675. The summed E-state index contributed by atoms with van der Waals surface area (Å²) >= 11 is 9.54. The summed E-state index contributed by atoms with van der Waals surface area (Å²) in [4.78, 5) is 30.8. The van der Waals surface area contributed by atoms with Crippen LogP contribution in [-0.4, -0.2) is 63.6 Å². The molecule has 2 amide bonds. The highest BCUT2D eigenvalue weighted by Gasteiger charge is 2.29. The van der Waals surface area contributed by atoms with E-state index in [1.165, 1.54) is 0 Å². The van der Waals surface area contributed by atoms with Gasteiger partial charge in [-0.3, -0.25) is 9.59 Å². The van der Waals surface area contributed by atoms with Gasteiger partial charge in [0.15, 0.2) is 9.84 Å². The lowest BCUT2D eigenvalue weighted by Gasteiger charge is -2.37. The molecule has 4 rings (SSSR count). The first-order valence-corrected chi connectivity index (χ1v) is 14.6. The Bertz CT molecular complexity index is 1260. The van der Waals surface area contributed by atoms with Gasteiger partial charge in [0.2, 0.25) is 11.8 Å². The molecular weight excluding hydrogens is 554 g/mol. The second kappa shape index (κ2) is 10.5. The van der Waals surface area contributed by atoms with Gasteiger partial charge < -0.3 is 14.7 Å². The molecule has 2 aliphatic heterocycles.